The van der Waals surface area contributed by atoms with Gasteiger partial charge in [-0.25, -0.2) is 4.68 Å². The first-order valence-electron chi connectivity index (χ1n) is 7.67. The molecule has 0 bridgehead atoms. The summed E-state index contributed by atoms with van der Waals surface area (Å²) >= 11 is 6.26. The lowest BCUT2D eigenvalue weighted by atomic mass is 9.98. The van der Waals surface area contributed by atoms with E-state index in [1.165, 1.54) is 0 Å². The molecule has 23 heavy (non-hydrogen) atoms. The van der Waals surface area contributed by atoms with Crippen LogP contribution < -0.4 is 4.74 Å². The Kier molecular flexibility index (Phi) is 3.75. The van der Waals surface area contributed by atoms with E-state index >= 15 is 0 Å². The lowest BCUT2D eigenvalue weighted by molar-refractivity contribution is -0.201. The fourth-order valence-electron chi connectivity index (χ4n) is 3.11. The summed E-state index contributed by atoms with van der Waals surface area (Å²) in [6.07, 6.45) is 4.14. The smallest absolute Gasteiger partial charge is 0.119 e. The van der Waals surface area contributed by atoms with Crippen molar-refractivity contribution in [3.63, 3.8) is 0 Å². The molecule has 0 N–H and O–H groups in total. The van der Waals surface area contributed by atoms with Crippen LogP contribution in [0.25, 0.3) is 11.3 Å². The monoisotopic (exact) mass is 335 g/mol. The maximum absolute atomic E-state index is 6.26. The second-order valence-electron chi connectivity index (χ2n) is 6.13. The fourth-order valence-corrected chi connectivity index (χ4v) is 3.33. The molecule has 1 spiro atoms. The minimum absolute atomic E-state index is 0.0375. The van der Waals surface area contributed by atoms with Crippen molar-refractivity contribution in [2.45, 2.75) is 31.1 Å². The summed E-state index contributed by atoms with van der Waals surface area (Å²) in [5, 5.41) is 9.05. The first-order chi connectivity index (χ1) is 11.2. The Labute approximate surface area is 139 Å². The van der Waals surface area contributed by atoms with Gasteiger partial charge in [-0.3, -0.25) is 0 Å². The van der Waals surface area contributed by atoms with E-state index in [-0.39, 0.29) is 11.7 Å². The maximum Gasteiger partial charge on any atom is 0.119 e. The van der Waals surface area contributed by atoms with Crippen LogP contribution in [0.5, 0.6) is 5.75 Å². The molecule has 2 aliphatic heterocycles. The highest BCUT2D eigenvalue weighted by Gasteiger charge is 2.46. The summed E-state index contributed by atoms with van der Waals surface area (Å²) in [7, 11) is 1.63. The first-order valence-corrected chi connectivity index (χ1v) is 8.05. The highest BCUT2D eigenvalue weighted by Crippen LogP contribution is 2.37. The molecule has 2 aromatic rings. The Morgan fingerprint density at radius 2 is 2.30 bits per heavy atom. The number of hydrogen-bond acceptors (Lipinski definition) is 5. The van der Waals surface area contributed by atoms with Crippen molar-refractivity contribution < 1.29 is 14.2 Å². The first kappa shape index (κ1) is 14.9. The van der Waals surface area contributed by atoms with E-state index in [4.69, 9.17) is 25.8 Å². The van der Waals surface area contributed by atoms with Crippen molar-refractivity contribution in [2.75, 3.05) is 20.3 Å². The molecule has 0 radical (unpaired) electrons. The summed E-state index contributed by atoms with van der Waals surface area (Å²) in [5.74, 6) is 0.741. The SMILES string of the molecule is COc1ccc(Cl)c(-c2cn(CC3CCC4(COC4)O3)nn2)c1. The molecule has 1 atom stereocenters. The van der Waals surface area contributed by atoms with Gasteiger partial charge in [0.25, 0.3) is 0 Å². The molecule has 4 rings (SSSR count). The second kappa shape index (κ2) is 5.78. The van der Waals surface area contributed by atoms with Crippen molar-refractivity contribution in [3.05, 3.63) is 29.4 Å². The van der Waals surface area contributed by atoms with Gasteiger partial charge in [0.2, 0.25) is 0 Å². The van der Waals surface area contributed by atoms with E-state index in [9.17, 15) is 0 Å². The Bertz CT molecular complexity index is 714. The molecule has 6 nitrogen and oxygen atoms in total. The van der Waals surface area contributed by atoms with Gasteiger partial charge in [-0.05, 0) is 31.0 Å². The normalized spacial score (nSPS) is 22.3. The highest BCUT2D eigenvalue weighted by atomic mass is 35.5. The molecule has 2 fully saturated rings. The Morgan fingerprint density at radius 3 is 3.00 bits per heavy atom. The van der Waals surface area contributed by atoms with Crippen LogP contribution in [0.4, 0.5) is 0 Å². The lowest BCUT2D eigenvalue weighted by Gasteiger charge is -2.37. The molecule has 2 aliphatic rings. The van der Waals surface area contributed by atoms with Gasteiger partial charge in [-0.15, -0.1) is 5.10 Å². The Balaban J connectivity index is 1.49. The van der Waals surface area contributed by atoms with Crippen LogP contribution in [0.1, 0.15) is 12.8 Å². The average molecular weight is 336 g/mol. The third-order valence-corrected chi connectivity index (χ3v) is 4.78. The van der Waals surface area contributed by atoms with Gasteiger partial charge in [0.05, 0.1) is 44.2 Å². The molecule has 2 saturated heterocycles. The van der Waals surface area contributed by atoms with Gasteiger partial charge in [0.1, 0.15) is 17.0 Å². The van der Waals surface area contributed by atoms with Crippen LogP contribution in [-0.2, 0) is 16.0 Å². The minimum atomic E-state index is -0.0375. The maximum atomic E-state index is 6.26. The van der Waals surface area contributed by atoms with Crippen molar-refractivity contribution in [1.29, 1.82) is 0 Å². The molecule has 122 valence electrons. The van der Waals surface area contributed by atoms with Crippen molar-refractivity contribution >= 4 is 11.6 Å². The van der Waals surface area contributed by atoms with Crippen LogP contribution in [-0.4, -0.2) is 47.0 Å². The number of aromatic nitrogens is 3. The van der Waals surface area contributed by atoms with Gasteiger partial charge in [-0.1, -0.05) is 16.8 Å². The topological polar surface area (TPSA) is 58.4 Å². The van der Waals surface area contributed by atoms with E-state index in [0.717, 1.165) is 29.8 Å². The zero-order valence-electron chi connectivity index (χ0n) is 12.9. The predicted molar refractivity (Wildman–Crippen MR) is 84.7 cm³/mol. The minimum Gasteiger partial charge on any atom is -0.497 e. The summed E-state index contributed by atoms with van der Waals surface area (Å²) < 4.78 is 18.4. The molecule has 1 aromatic heterocycles. The zero-order chi connectivity index (χ0) is 15.9. The van der Waals surface area contributed by atoms with Crippen LogP contribution in [0.15, 0.2) is 24.4 Å². The van der Waals surface area contributed by atoms with Gasteiger partial charge in [0.15, 0.2) is 0 Å². The molecule has 3 heterocycles. The average Bonchev–Trinajstić information content (AvgIpc) is 3.15. The molecule has 1 aromatic carbocycles. The van der Waals surface area contributed by atoms with E-state index in [1.54, 1.807) is 13.2 Å². The largest absolute Gasteiger partial charge is 0.497 e. The van der Waals surface area contributed by atoms with Gasteiger partial charge >= 0.3 is 0 Å². The quantitative estimate of drug-likeness (QED) is 0.859. The summed E-state index contributed by atoms with van der Waals surface area (Å²) in [6.45, 7) is 2.12. The van der Waals surface area contributed by atoms with Gasteiger partial charge < -0.3 is 14.2 Å². The molecular formula is C16H18ClN3O3. The molecule has 0 aliphatic carbocycles. The van der Waals surface area contributed by atoms with E-state index < -0.39 is 0 Å². The van der Waals surface area contributed by atoms with E-state index in [1.807, 2.05) is 23.0 Å². The van der Waals surface area contributed by atoms with Crippen LogP contribution in [0.3, 0.4) is 0 Å². The van der Waals surface area contributed by atoms with E-state index in [0.29, 0.717) is 24.8 Å². The Morgan fingerprint density at radius 1 is 1.43 bits per heavy atom. The number of hydrogen-bond donors (Lipinski definition) is 0. The third kappa shape index (κ3) is 2.82. The standard InChI is InChI=1S/C16H18ClN3O3/c1-21-11-2-3-14(17)13(6-11)15-8-20(19-18-15)7-12-4-5-16(23-12)9-22-10-16/h2-3,6,8,12H,4-5,7,9-10H2,1H3. The molecule has 7 heteroatoms. The number of halogens is 1. The summed E-state index contributed by atoms with van der Waals surface area (Å²) in [5.41, 5.74) is 1.51. The van der Waals surface area contributed by atoms with Crippen molar-refractivity contribution in [3.8, 4) is 17.0 Å². The van der Waals surface area contributed by atoms with Crippen LogP contribution in [0, 0.1) is 0 Å². The van der Waals surface area contributed by atoms with Gasteiger partial charge in [-0.2, -0.15) is 0 Å². The van der Waals surface area contributed by atoms with Crippen molar-refractivity contribution in [2.24, 2.45) is 0 Å². The van der Waals surface area contributed by atoms with E-state index in [2.05, 4.69) is 10.3 Å². The van der Waals surface area contributed by atoms with Crippen LogP contribution >= 0.6 is 11.6 Å². The molecule has 0 amide bonds. The fraction of sp³-hybridized carbons (Fsp3) is 0.500. The predicted octanol–water partition coefficient (Wildman–Crippen LogP) is 2.56. The number of ether oxygens (including phenoxy) is 3. The number of benzene rings is 1. The highest BCUT2D eigenvalue weighted by molar-refractivity contribution is 6.33. The third-order valence-electron chi connectivity index (χ3n) is 4.45. The van der Waals surface area contributed by atoms with Crippen LogP contribution in [0.2, 0.25) is 5.02 Å². The lowest BCUT2D eigenvalue weighted by Crippen LogP contribution is -2.49. The Hall–Kier alpha value is -1.63. The second-order valence-corrected chi connectivity index (χ2v) is 6.53. The van der Waals surface area contributed by atoms with Crippen molar-refractivity contribution in [1.82, 2.24) is 15.0 Å². The zero-order valence-corrected chi connectivity index (χ0v) is 13.6. The number of rotatable bonds is 4. The summed E-state index contributed by atoms with van der Waals surface area (Å²) in [6, 6.07) is 5.49. The number of methoxy groups -OCH3 is 1. The summed E-state index contributed by atoms with van der Waals surface area (Å²) in [4.78, 5) is 0. The molecular weight excluding hydrogens is 318 g/mol. The molecule has 1 unspecified atom stereocenters. The van der Waals surface area contributed by atoms with Gasteiger partial charge in [0, 0.05) is 5.56 Å². The number of nitrogens with zero attached hydrogens (tertiary/aromatic N) is 3. The molecule has 0 saturated carbocycles.